The van der Waals surface area contributed by atoms with Gasteiger partial charge in [0.2, 0.25) is 5.91 Å². The number of carbonyl (C=O) groups is 1. The molecule has 2 fully saturated rings. The number of nitrogens with zero attached hydrogens (tertiary/aromatic N) is 5. The minimum atomic E-state index is -0.0656. The van der Waals surface area contributed by atoms with Crippen LogP contribution in [0, 0.1) is 16.7 Å². The number of likely N-dealkylation sites (N-methyl/N-ethyl adjacent to an activating group) is 1. The molecule has 7 nitrogen and oxygen atoms in total. The predicted octanol–water partition coefficient (Wildman–Crippen LogP) is 1.72. The molecule has 24 heavy (non-hydrogen) atoms. The smallest absolute Gasteiger partial charge is 0.236 e. The number of nitrogens with one attached hydrogen (secondary N) is 1. The zero-order valence-corrected chi connectivity index (χ0v) is 14.2. The Hall–Kier alpha value is -2.33. The number of H-pyrrole nitrogens is 1. The molecule has 126 valence electrons. The summed E-state index contributed by atoms with van der Waals surface area (Å²) >= 11 is 0. The van der Waals surface area contributed by atoms with Crippen LogP contribution < -0.4 is 4.90 Å². The van der Waals surface area contributed by atoms with Crippen LogP contribution in [-0.4, -0.2) is 51.9 Å². The van der Waals surface area contributed by atoms with Crippen molar-refractivity contribution < 1.29 is 4.79 Å². The van der Waals surface area contributed by atoms with Gasteiger partial charge >= 0.3 is 0 Å². The van der Waals surface area contributed by atoms with E-state index in [0.29, 0.717) is 6.54 Å². The molecule has 1 aliphatic carbocycles. The molecule has 2 aromatic heterocycles. The van der Waals surface area contributed by atoms with Crippen molar-refractivity contribution in [1.29, 1.82) is 5.26 Å². The SMILES string of the molecule is CN(c1ncnc2[nH]ccc12)[C@H]1CN(C(=O)CC#N)CC12CC2.Cl. The van der Waals surface area contributed by atoms with Crippen LogP contribution in [0.1, 0.15) is 19.3 Å². The van der Waals surface area contributed by atoms with E-state index in [2.05, 4.69) is 19.9 Å². The monoisotopic (exact) mass is 346 g/mol. The highest BCUT2D eigenvalue weighted by molar-refractivity contribution is 5.87. The molecule has 0 bridgehead atoms. The standard InChI is InChI=1S/C16H18N6O.ClH/c1-21(15-11-3-7-18-14(11)19-10-20-15)12-8-22(13(23)2-6-17)9-16(12)4-5-16;/h3,7,10,12H,2,4-5,8-9H2,1H3,(H,18,19,20);1H/t12-;/m0./s1. The topological polar surface area (TPSA) is 88.9 Å². The average Bonchev–Trinajstić information content (AvgIpc) is 2.99. The predicted molar refractivity (Wildman–Crippen MR) is 91.8 cm³/mol. The van der Waals surface area contributed by atoms with E-state index in [4.69, 9.17) is 5.26 Å². The van der Waals surface area contributed by atoms with Crippen LogP contribution >= 0.6 is 12.4 Å². The van der Waals surface area contributed by atoms with Crippen LogP contribution in [0.4, 0.5) is 5.82 Å². The van der Waals surface area contributed by atoms with Gasteiger partial charge in [0.15, 0.2) is 0 Å². The molecule has 1 saturated carbocycles. The normalized spacial score (nSPS) is 20.7. The number of amides is 1. The van der Waals surface area contributed by atoms with E-state index in [1.165, 1.54) is 0 Å². The Labute approximate surface area is 146 Å². The van der Waals surface area contributed by atoms with Gasteiger partial charge in [-0.2, -0.15) is 5.26 Å². The first-order valence-corrected chi connectivity index (χ1v) is 7.80. The highest BCUT2D eigenvalue weighted by Gasteiger charge is 2.57. The van der Waals surface area contributed by atoms with E-state index in [1.807, 2.05) is 30.3 Å². The molecule has 1 N–H and O–H groups in total. The molecular weight excluding hydrogens is 328 g/mol. The first kappa shape index (κ1) is 16.5. The fraction of sp³-hybridized carbons (Fsp3) is 0.500. The maximum absolute atomic E-state index is 12.1. The Morgan fingerprint density at radius 2 is 2.33 bits per heavy atom. The number of hydrogen-bond acceptors (Lipinski definition) is 5. The second-order valence-electron chi connectivity index (χ2n) is 6.54. The number of rotatable bonds is 3. The average molecular weight is 347 g/mol. The van der Waals surface area contributed by atoms with E-state index in [1.54, 1.807) is 6.33 Å². The van der Waals surface area contributed by atoms with Crippen molar-refractivity contribution in [1.82, 2.24) is 19.9 Å². The highest BCUT2D eigenvalue weighted by Crippen LogP contribution is 2.55. The molecule has 1 spiro atoms. The third-order valence-electron chi connectivity index (χ3n) is 5.22. The summed E-state index contributed by atoms with van der Waals surface area (Å²) in [6.07, 6.45) is 5.64. The summed E-state index contributed by atoms with van der Waals surface area (Å²) in [6.45, 7) is 1.41. The molecule has 2 aliphatic rings. The van der Waals surface area contributed by atoms with E-state index in [9.17, 15) is 4.79 Å². The number of aromatic amines is 1. The van der Waals surface area contributed by atoms with Gasteiger partial charge < -0.3 is 14.8 Å². The molecular formula is C16H19ClN6O. The van der Waals surface area contributed by atoms with Crippen LogP contribution in [0.15, 0.2) is 18.6 Å². The number of fused-ring (bicyclic) bond motifs is 1. The van der Waals surface area contributed by atoms with Gasteiger partial charge in [0.25, 0.3) is 0 Å². The largest absolute Gasteiger partial charge is 0.354 e. The third kappa shape index (κ3) is 2.47. The Balaban J connectivity index is 0.00000169. The summed E-state index contributed by atoms with van der Waals surface area (Å²) in [7, 11) is 2.04. The van der Waals surface area contributed by atoms with Gasteiger partial charge in [-0.05, 0) is 18.9 Å². The van der Waals surface area contributed by atoms with Gasteiger partial charge in [-0.3, -0.25) is 4.79 Å². The second-order valence-corrected chi connectivity index (χ2v) is 6.54. The maximum atomic E-state index is 12.1. The molecule has 1 aliphatic heterocycles. The first-order valence-electron chi connectivity index (χ1n) is 7.80. The van der Waals surface area contributed by atoms with Crippen LogP contribution in [0.5, 0.6) is 0 Å². The fourth-order valence-electron chi connectivity index (χ4n) is 3.79. The van der Waals surface area contributed by atoms with Crippen molar-refractivity contribution in [3.05, 3.63) is 18.6 Å². The van der Waals surface area contributed by atoms with Crippen LogP contribution in [0.2, 0.25) is 0 Å². The lowest BCUT2D eigenvalue weighted by Gasteiger charge is -2.30. The van der Waals surface area contributed by atoms with Crippen molar-refractivity contribution in [2.24, 2.45) is 5.41 Å². The summed E-state index contributed by atoms with van der Waals surface area (Å²) in [4.78, 5) is 27.9. The summed E-state index contributed by atoms with van der Waals surface area (Å²) in [6, 6.07) is 4.17. The number of anilines is 1. The quantitative estimate of drug-likeness (QED) is 0.914. The first-order chi connectivity index (χ1) is 11.1. The van der Waals surface area contributed by atoms with Gasteiger partial charge in [-0.25, -0.2) is 9.97 Å². The molecule has 8 heteroatoms. The number of aromatic nitrogens is 3. The van der Waals surface area contributed by atoms with E-state index in [-0.39, 0.29) is 36.2 Å². The lowest BCUT2D eigenvalue weighted by Crippen LogP contribution is -2.40. The van der Waals surface area contributed by atoms with Crippen molar-refractivity contribution >= 4 is 35.2 Å². The number of carbonyl (C=O) groups excluding carboxylic acids is 1. The number of nitriles is 1. The lowest BCUT2D eigenvalue weighted by molar-refractivity contribution is -0.129. The van der Waals surface area contributed by atoms with Crippen molar-refractivity contribution in [2.45, 2.75) is 25.3 Å². The van der Waals surface area contributed by atoms with Gasteiger partial charge in [0, 0.05) is 31.7 Å². The molecule has 3 heterocycles. The number of hydrogen-bond donors (Lipinski definition) is 1. The molecule has 1 atom stereocenters. The Morgan fingerprint density at radius 3 is 3.04 bits per heavy atom. The molecule has 0 unspecified atom stereocenters. The summed E-state index contributed by atoms with van der Waals surface area (Å²) in [5.41, 5.74) is 0.982. The lowest BCUT2D eigenvalue weighted by atomic mass is 9.99. The van der Waals surface area contributed by atoms with Gasteiger partial charge in [0.1, 0.15) is 24.2 Å². The van der Waals surface area contributed by atoms with E-state index < -0.39 is 0 Å². The second kappa shape index (κ2) is 5.95. The highest BCUT2D eigenvalue weighted by atomic mass is 35.5. The van der Waals surface area contributed by atoms with Gasteiger partial charge in [-0.15, -0.1) is 12.4 Å². The molecule has 0 radical (unpaired) electrons. The zero-order valence-electron chi connectivity index (χ0n) is 13.4. The number of likely N-dealkylation sites (tertiary alicyclic amines) is 1. The van der Waals surface area contributed by atoms with Crippen LogP contribution in [0.25, 0.3) is 11.0 Å². The minimum Gasteiger partial charge on any atom is -0.354 e. The third-order valence-corrected chi connectivity index (χ3v) is 5.22. The molecule has 0 aromatic carbocycles. The minimum absolute atomic E-state index is 0. The van der Waals surface area contributed by atoms with Crippen LogP contribution in [0.3, 0.4) is 0 Å². The molecule has 2 aromatic rings. The van der Waals surface area contributed by atoms with Crippen molar-refractivity contribution in [3.8, 4) is 6.07 Å². The molecule has 1 amide bonds. The Morgan fingerprint density at radius 1 is 1.54 bits per heavy atom. The molecule has 1 saturated heterocycles. The zero-order chi connectivity index (χ0) is 16.0. The summed E-state index contributed by atoms with van der Waals surface area (Å²) in [5.74, 6) is 0.825. The Kier molecular flexibility index (Phi) is 4.10. The maximum Gasteiger partial charge on any atom is 0.236 e. The molecule has 4 rings (SSSR count). The van der Waals surface area contributed by atoms with Crippen molar-refractivity contribution in [2.75, 3.05) is 25.0 Å². The van der Waals surface area contributed by atoms with Crippen LogP contribution in [-0.2, 0) is 4.79 Å². The summed E-state index contributed by atoms with van der Waals surface area (Å²) in [5, 5.41) is 9.76. The van der Waals surface area contributed by atoms with Gasteiger partial charge in [0.05, 0.1) is 17.5 Å². The van der Waals surface area contributed by atoms with Crippen molar-refractivity contribution in [3.63, 3.8) is 0 Å². The fourth-order valence-corrected chi connectivity index (χ4v) is 3.79. The van der Waals surface area contributed by atoms with E-state index in [0.717, 1.165) is 36.2 Å². The van der Waals surface area contributed by atoms with E-state index >= 15 is 0 Å². The number of halogens is 1. The van der Waals surface area contributed by atoms with Gasteiger partial charge in [-0.1, -0.05) is 0 Å². The Bertz CT molecular complexity index is 808. The summed E-state index contributed by atoms with van der Waals surface area (Å²) < 4.78 is 0.